The lowest BCUT2D eigenvalue weighted by molar-refractivity contribution is -0.142. The van der Waals surface area contributed by atoms with Crippen molar-refractivity contribution < 1.29 is 36.3 Å². The normalized spacial score (nSPS) is 27.6. The third-order valence-corrected chi connectivity index (χ3v) is 6.58. The van der Waals surface area contributed by atoms with Crippen LogP contribution >= 0.6 is 0 Å². The summed E-state index contributed by atoms with van der Waals surface area (Å²) in [5.41, 5.74) is 0. The predicted molar refractivity (Wildman–Crippen MR) is 86.6 cm³/mol. The molecule has 1 N–H and O–H groups in total. The van der Waals surface area contributed by atoms with Crippen LogP contribution in [-0.2, 0) is 28.9 Å². The van der Waals surface area contributed by atoms with Crippen LogP contribution in [0.2, 0.25) is 0 Å². The smallest absolute Gasteiger partial charge is 0.326 e. The molecule has 0 aliphatic carbocycles. The number of carbonyl (C=O) groups is 2. The van der Waals surface area contributed by atoms with Crippen molar-refractivity contribution in [1.29, 1.82) is 0 Å². The van der Waals surface area contributed by atoms with Crippen LogP contribution in [0, 0.1) is 0 Å². The van der Waals surface area contributed by atoms with E-state index in [1.165, 1.54) is 24.7 Å². The maximum atomic E-state index is 13.2. The van der Waals surface area contributed by atoms with Gasteiger partial charge < -0.3 is 18.3 Å². The van der Waals surface area contributed by atoms with Crippen molar-refractivity contribution in [2.24, 2.45) is 0 Å². The Bertz CT molecular complexity index is 805. The fourth-order valence-electron chi connectivity index (χ4n) is 3.08. The number of furan rings is 2. The number of nitrogens with one attached hydrogen (secondary N) is 1. The van der Waals surface area contributed by atoms with Gasteiger partial charge >= 0.3 is 11.9 Å². The van der Waals surface area contributed by atoms with E-state index in [1.807, 2.05) is 0 Å². The third-order valence-electron chi connectivity index (χ3n) is 4.24. The molecule has 1 fully saturated rings. The molecule has 1 saturated heterocycles. The van der Waals surface area contributed by atoms with E-state index >= 15 is 0 Å². The highest BCUT2D eigenvalue weighted by atomic mass is 32.2. The Balaban J connectivity index is 2.17. The van der Waals surface area contributed by atoms with Crippen molar-refractivity contribution in [3.8, 4) is 0 Å². The summed E-state index contributed by atoms with van der Waals surface area (Å²) in [6.07, 6.45) is 2.71. The first kappa shape index (κ1) is 18.2. The summed E-state index contributed by atoms with van der Waals surface area (Å²) in [4.78, 5) is 24.6. The van der Waals surface area contributed by atoms with Gasteiger partial charge in [-0.05, 0) is 24.3 Å². The van der Waals surface area contributed by atoms with Crippen LogP contribution in [-0.4, -0.2) is 45.1 Å². The van der Waals surface area contributed by atoms with Gasteiger partial charge in [-0.15, -0.1) is 0 Å². The van der Waals surface area contributed by atoms with Crippen LogP contribution in [0.25, 0.3) is 0 Å². The number of rotatable bonds is 4. The molecule has 1 aliphatic rings. The Hall–Kier alpha value is -2.59. The number of methoxy groups -OCH3 is 2. The van der Waals surface area contributed by atoms with Crippen LogP contribution in [0.1, 0.15) is 23.6 Å². The molecule has 0 saturated carbocycles. The minimum atomic E-state index is -4.37. The molecule has 1 aliphatic heterocycles. The van der Waals surface area contributed by atoms with Gasteiger partial charge in [0, 0.05) is 0 Å². The van der Waals surface area contributed by atoms with Gasteiger partial charge in [0.1, 0.15) is 11.5 Å². The topological polar surface area (TPSA) is 125 Å². The Morgan fingerprint density at radius 2 is 1.35 bits per heavy atom. The van der Waals surface area contributed by atoms with Crippen LogP contribution in [0.4, 0.5) is 0 Å². The Kier molecular flexibility index (Phi) is 4.88. The maximum Gasteiger partial charge on any atom is 0.326 e. The number of esters is 2. The molecule has 9 nitrogen and oxygen atoms in total. The second kappa shape index (κ2) is 6.96. The zero-order valence-electron chi connectivity index (χ0n) is 13.9. The molecule has 26 heavy (non-hydrogen) atoms. The van der Waals surface area contributed by atoms with Crippen molar-refractivity contribution in [3.05, 3.63) is 48.3 Å². The average Bonchev–Trinajstić information content (AvgIpc) is 3.32. The van der Waals surface area contributed by atoms with Crippen LogP contribution < -0.4 is 5.32 Å². The average molecular weight is 383 g/mol. The lowest BCUT2D eigenvalue weighted by Gasteiger charge is -2.38. The number of sulfone groups is 1. The van der Waals surface area contributed by atoms with Crippen molar-refractivity contribution in [1.82, 2.24) is 5.32 Å². The van der Waals surface area contributed by atoms with E-state index < -0.39 is 44.4 Å². The molecular weight excluding hydrogens is 366 g/mol. The van der Waals surface area contributed by atoms with Gasteiger partial charge in [0.25, 0.3) is 0 Å². The van der Waals surface area contributed by atoms with Crippen LogP contribution in [0.15, 0.2) is 45.6 Å². The number of carbonyl (C=O) groups excluding carboxylic acids is 2. The fraction of sp³-hybridized carbons (Fsp3) is 0.375. The largest absolute Gasteiger partial charge is 0.468 e. The van der Waals surface area contributed by atoms with Crippen molar-refractivity contribution in [2.75, 3.05) is 14.2 Å². The highest BCUT2D eigenvalue weighted by molar-refractivity contribution is 7.94. The van der Waals surface area contributed by atoms with E-state index in [4.69, 9.17) is 8.83 Å². The molecule has 3 heterocycles. The van der Waals surface area contributed by atoms with E-state index in [-0.39, 0.29) is 11.5 Å². The molecule has 0 spiro atoms. The number of hydrogen-bond donors (Lipinski definition) is 1. The Morgan fingerprint density at radius 3 is 1.65 bits per heavy atom. The van der Waals surface area contributed by atoms with Crippen molar-refractivity contribution in [3.63, 3.8) is 0 Å². The minimum Gasteiger partial charge on any atom is -0.468 e. The van der Waals surface area contributed by atoms with Gasteiger partial charge in [0.05, 0.1) is 38.8 Å². The third kappa shape index (κ3) is 2.90. The molecule has 0 amide bonds. The van der Waals surface area contributed by atoms with Gasteiger partial charge in [-0.1, -0.05) is 0 Å². The molecule has 2 aromatic heterocycles. The molecular formula is C16H17NO8S. The lowest BCUT2D eigenvalue weighted by Crippen LogP contribution is -2.59. The minimum absolute atomic E-state index is 0.212. The standard InChI is InChI=1S/C16H17NO8S/c1-22-15(18)13-11(9-5-3-7-24-9)17-12(10-6-4-8-25-10)14(16(19)23-2)26(13,20)21/h3-8,11-14,17H,1-2H3/t11-,12+,13-,14-/m0/s1. The van der Waals surface area contributed by atoms with Crippen LogP contribution in [0.3, 0.4) is 0 Å². The molecule has 10 heteroatoms. The molecule has 0 bridgehead atoms. The zero-order valence-corrected chi connectivity index (χ0v) is 14.8. The summed E-state index contributed by atoms with van der Waals surface area (Å²) in [5, 5.41) is -0.396. The summed E-state index contributed by atoms with van der Waals surface area (Å²) in [6, 6.07) is 4.04. The summed E-state index contributed by atoms with van der Waals surface area (Å²) in [6.45, 7) is 0. The van der Waals surface area contributed by atoms with E-state index in [0.717, 1.165) is 14.2 Å². The zero-order chi connectivity index (χ0) is 18.9. The van der Waals surface area contributed by atoms with Gasteiger partial charge in [0.15, 0.2) is 20.3 Å². The van der Waals surface area contributed by atoms with E-state index in [9.17, 15) is 18.0 Å². The molecule has 0 unspecified atom stereocenters. The number of hydrogen-bond acceptors (Lipinski definition) is 9. The molecule has 0 radical (unpaired) electrons. The highest BCUT2D eigenvalue weighted by Crippen LogP contribution is 2.39. The molecule has 2 aromatic rings. The van der Waals surface area contributed by atoms with Gasteiger partial charge in [0.2, 0.25) is 0 Å². The Labute approximate surface area is 149 Å². The van der Waals surface area contributed by atoms with Crippen molar-refractivity contribution in [2.45, 2.75) is 22.6 Å². The summed E-state index contributed by atoms with van der Waals surface area (Å²) in [5.74, 6) is -1.59. The molecule has 3 rings (SSSR count). The van der Waals surface area contributed by atoms with E-state index in [0.29, 0.717) is 0 Å². The predicted octanol–water partition coefficient (Wildman–Crippen LogP) is 0.756. The van der Waals surface area contributed by atoms with Crippen LogP contribution in [0.5, 0.6) is 0 Å². The van der Waals surface area contributed by atoms with Gasteiger partial charge in [-0.3, -0.25) is 14.9 Å². The monoisotopic (exact) mass is 383 g/mol. The second-order valence-corrected chi connectivity index (χ2v) is 7.82. The lowest BCUT2D eigenvalue weighted by atomic mass is 10.0. The molecule has 0 aromatic carbocycles. The van der Waals surface area contributed by atoms with Crippen molar-refractivity contribution >= 4 is 21.8 Å². The SMILES string of the molecule is COC(=O)[C@@H]1[C@@H](c2ccco2)N[C@@H](c2ccco2)[C@@H](C(=O)OC)S1(=O)=O. The summed E-state index contributed by atoms with van der Waals surface area (Å²) in [7, 11) is -2.22. The first-order chi connectivity index (χ1) is 12.4. The quantitative estimate of drug-likeness (QED) is 0.761. The summed E-state index contributed by atoms with van der Waals surface area (Å²) < 4.78 is 46.3. The fourth-order valence-corrected chi connectivity index (χ4v) is 5.31. The Morgan fingerprint density at radius 1 is 0.923 bits per heavy atom. The van der Waals surface area contributed by atoms with E-state index in [2.05, 4.69) is 14.8 Å². The molecule has 140 valence electrons. The first-order valence-electron chi connectivity index (χ1n) is 7.63. The van der Waals surface area contributed by atoms with Gasteiger partial charge in [-0.2, -0.15) is 0 Å². The first-order valence-corrected chi connectivity index (χ1v) is 9.24. The number of ether oxygens (including phenoxy) is 2. The molecule has 4 atom stereocenters. The van der Waals surface area contributed by atoms with Gasteiger partial charge in [-0.25, -0.2) is 8.42 Å². The second-order valence-electron chi connectivity index (χ2n) is 5.63. The maximum absolute atomic E-state index is 13.2. The highest BCUT2D eigenvalue weighted by Gasteiger charge is 2.58. The summed E-state index contributed by atoms with van der Waals surface area (Å²) >= 11 is 0. The van der Waals surface area contributed by atoms with E-state index in [1.54, 1.807) is 12.1 Å².